The molecule has 0 aliphatic rings. The summed E-state index contributed by atoms with van der Waals surface area (Å²) in [7, 11) is 0. The highest BCUT2D eigenvalue weighted by molar-refractivity contribution is 6.01. The van der Waals surface area contributed by atoms with Crippen molar-refractivity contribution in [2.45, 2.75) is 6.92 Å². The van der Waals surface area contributed by atoms with E-state index in [9.17, 15) is 9.18 Å². The van der Waals surface area contributed by atoms with Crippen molar-refractivity contribution in [1.29, 1.82) is 0 Å². The Balaban J connectivity index is 2.12. The molecule has 4 heteroatoms. The smallest absolute Gasteiger partial charge is 0.267 e. The second kappa shape index (κ2) is 6.20. The molecule has 136 valence electrons. The van der Waals surface area contributed by atoms with Gasteiger partial charge in [0.05, 0.1) is 11.2 Å². The van der Waals surface area contributed by atoms with Crippen LogP contribution < -0.4 is 5.56 Å². The Bertz CT molecular complexity index is 1380. The Morgan fingerprint density at radius 1 is 0.750 bits per heavy atom. The molecule has 28 heavy (non-hydrogen) atoms. The Kier molecular flexibility index (Phi) is 3.66. The van der Waals surface area contributed by atoms with Crippen molar-refractivity contribution in [2.24, 2.45) is 0 Å². The van der Waals surface area contributed by atoms with Crippen LogP contribution >= 0.6 is 0 Å². The van der Waals surface area contributed by atoms with Gasteiger partial charge >= 0.3 is 0 Å². The number of aryl methyl sites for hydroxylation is 1. The van der Waals surface area contributed by atoms with Crippen LogP contribution in [0, 0.1) is 12.7 Å². The summed E-state index contributed by atoms with van der Waals surface area (Å²) in [6.45, 7) is 1.91. The number of aromatic nitrogens is 2. The largest absolute Gasteiger partial charge is 0.271 e. The van der Waals surface area contributed by atoms with Crippen molar-refractivity contribution in [3.05, 3.63) is 107 Å². The lowest BCUT2D eigenvalue weighted by atomic mass is 9.95. The zero-order valence-corrected chi connectivity index (χ0v) is 15.3. The van der Waals surface area contributed by atoms with Crippen LogP contribution in [-0.4, -0.2) is 9.03 Å². The first kappa shape index (κ1) is 16.5. The van der Waals surface area contributed by atoms with Gasteiger partial charge in [-0.15, -0.1) is 0 Å². The van der Waals surface area contributed by atoms with Crippen LogP contribution in [0.2, 0.25) is 0 Å². The predicted octanol–water partition coefficient (Wildman–Crippen LogP) is 5.33. The van der Waals surface area contributed by atoms with Crippen molar-refractivity contribution in [2.75, 3.05) is 0 Å². The molecule has 0 N–H and O–H groups in total. The fourth-order valence-electron chi connectivity index (χ4n) is 3.95. The Morgan fingerprint density at radius 3 is 2.07 bits per heavy atom. The van der Waals surface area contributed by atoms with Gasteiger partial charge in [-0.05, 0) is 30.7 Å². The first-order valence-electron chi connectivity index (χ1n) is 9.12. The minimum Gasteiger partial charge on any atom is -0.267 e. The third-order valence-electron chi connectivity index (χ3n) is 5.09. The van der Waals surface area contributed by atoms with Crippen molar-refractivity contribution in [3.8, 4) is 22.4 Å². The zero-order chi connectivity index (χ0) is 19.3. The van der Waals surface area contributed by atoms with E-state index < -0.39 is 0 Å². The standard InChI is InChI=1S/C24H17FN2O/c1-16-14-22(28)27-21-13-12-19(25)15-20(21)23(17-8-4-2-5-9-17)24(26(16)27)18-10-6-3-7-11-18/h2-15H,1H3. The molecule has 0 fully saturated rings. The van der Waals surface area contributed by atoms with E-state index >= 15 is 0 Å². The minimum atomic E-state index is -0.329. The molecule has 0 aliphatic carbocycles. The van der Waals surface area contributed by atoms with Gasteiger partial charge in [0.25, 0.3) is 5.56 Å². The molecule has 0 saturated carbocycles. The Morgan fingerprint density at radius 2 is 1.39 bits per heavy atom. The molecule has 0 atom stereocenters. The van der Waals surface area contributed by atoms with E-state index in [1.54, 1.807) is 16.6 Å². The molecule has 2 heterocycles. The maximum absolute atomic E-state index is 14.3. The number of halogens is 1. The van der Waals surface area contributed by atoms with Gasteiger partial charge in [0.1, 0.15) is 5.82 Å². The highest BCUT2D eigenvalue weighted by Gasteiger charge is 2.20. The number of hydrogen-bond donors (Lipinski definition) is 0. The van der Waals surface area contributed by atoms with Crippen LogP contribution in [0.5, 0.6) is 0 Å². The third kappa shape index (κ3) is 2.38. The summed E-state index contributed by atoms with van der Waals surface area (Å²) in [6.07, 6.45) is 0. The van der Waals surface area contributed by atoms with Crippen LogP contribution in [0.3, 0.4) is 0 Å². The van der Waals surface area contributed by atoms with E-state index in [0.29, 0.717) is 10.9 Å². The number of benzene rings is 3. The molecule has 3 nitrogen and oxygen atoms in total. The molecule has 5 rings (SSSR count). The van der Waals surface area contributed by atoms with E-state index in [-0.39, 0.29) is 11.4 Å². The highest BCUT2D eigenvalue weighted by Crippen LogP contribution is 2.38. The molecule has 3 aromatic carbocycles. The van der Waals surface area contributed by atoms with Crippen LogP contribution in [-0.2, 0) is 0 Å². The monoisotopic (exact) mass is 368 g/mol. The average molecular weight is 368 g/mol. The molecule has 5 aromatic rings. The summed E-state index contributed by atoms with van der Waals surface area (Å²) < 4.78 is 17.8. The van der Waals surface area contributed by atoms with Crippen molar-refractivity contribution in [1.82, 2.24) is 9.03 Å². The SMILES string of the molecule is Cc1cc(=O)n2c3ccc(F)cc3c(-c3ccccc3)c(-c3ccccc3)n12. The molecule has 0 spiro atoms. The summed E-state index contributed by atoms with van der Waals surface area (Å²) >= 11 is 0. The van der Waals surface area contributed by atoms with Gasteiger partial charge in [-0.3, -0.25) is 4.79 Å². The second-order valence-corrected chi connectivity index (χ2v) is 6.86. The topological polar surface area (TPSA) is 25.9 Å². The summed E-state index contributed by atoms with van der Waals surface area (Å²) in [5.41, 5.74) is 5.07. The second-order valence-electron chi connectivity index (χ2n) is 6.86. The lowest BCUT2D eigenvalue weighted by Crippen LogP contribution is -2.15. The van der Waals surface area contributed by atoms with Crippen LogP contribution in [0.1, 0.15) is 5.69 Å². The van der Waals surface area contributed by atoms with Crippen LogP contribution in [0.25, 0.3) is 33.3 Å². The highest BCUT2D eigenvalue weighted by atomic mass is 19.1. The van der Waals surface area contributed by atoms with Gasteiger partial charge in [-0.1, -0.05) is 60.7 Å². The van der Waals surface area contributed by atoms with Gasteiger partial charge in [0, 0.05) is 28.3 Å². The normalized spacial score (nSPS) is 11.4. The van der Waals surface area contributed by atoms with Gasteiger partial charge < -0.3 is 0 Å². The van der Waals surface area contributed by atoms with E-state index in [1.165, 1.54) is 12.1 Å². The Labute approximate surface area is 160 Å². The lowest BCUT2D eigenvalue weighted by molar-refractivity contribution is 0.629. The van der Waals surface area contributed by atoms with E-state index in [0.717, 1.165) is 28.1 Å². The maximum Gasteiger partial charge on any atom is 0.271 e. The van der Waals surface area contributed by atoms with Crippen molar-refractivity contribution >= 4 is 10.9 Å². The average Bonchev–Trinajstić information content (AvgIpc) is 3.02. The fourth-order valence-corrected chi connectivity index (χ4v) is 3.95. The fraction of sp³-hybridized carbons (Fsp3) is 0.0417. The molecule has 0 amide bonds. The molecular formula is C24H17FN2O. The van der Waals surface area contributed by atoms with Crippen molar-refractivity contribution < 1.29 is 4.39 Å². The molecule has 2 aromatic heterocycles. The summed E-state index contributed by atoms with van der Waals surface area (Å²) in [4.78, 5) is 12.8. The first-order chi connectivity index (χ1) is 13.6. The van der Waals surface area contributed by atoms with Crippen LogP contribution in [0.15, 0.2) is 89.7 Å². The summed E-state index contributed by atoms with van der Waals surface area (Å²) in [5.74, 6) is -0.329. The third-order valence-corrected chi connectivity index (χ3v) is 5.09. The first-order valence-corrected chi connectivity index (χ1v) is 9.12. The number of fused-ring (bicyclic) bond motifs is 3. The van der Waals surface area contributed by atoms with Gasteiger partial charge in [0.15, 0.2) is 0 Å². The molecule has 0 unspecified atom stereocenters. The Hall–Kier alpha value is -3.66. The van der Waals surface area contributed by atoms with E-state index in [4.69, 9.17) is 0 Å². The zero-order valence-electron chi connectivity index (χ0n) is 15.3. The quantitative estimate of drug-likeness (QED) is 0.413. The summed E-state index contributed by atoms with van der Waals surface area (Å²) in [5, 5.41) is 0.706. The minimum absolute atomic E-state index is 0.133. The van der Waals surface area contributed by atoms with Crippen LogP contribution in [0.4, 0.5) is 4.39 Å². The lowest BCUT2D eigenvalue weighted by Gasteiger charge is -2.19. The van der Waals surface area contributed by atoms with E-state index in [2.05, 4.69) is 0 Å². The predicted molar refractivity (Wildman–Crippen MR) is 110 cm³/mol. The van der Waals surface area contributed by atoms with Gasteiger partial charge in [-0.25, -0.2) is 13.4 Å². The molecule has 0 radical (unpaired) electrons. The van der Waals surface area contributed by atoms with Crippen molar-refractivity contribution in [3.63, 3.8) is 0 Å². The number of hydrogen-bond acceptors (Lipinski definition) is 1. The van der Waals surface area contributed by atoms with Gasteiger partial charge in [-0.2, -0.15) is 0 Å². The molecule has 0 aliphatic heterocycles. The molecule has 0 saturated heterocycles. The van der Waals surface area contributed by atoms with E-state index in [1.807, 2.05) is 72.1 Å². The summed E-state index contributed by atoms with van der Waals surface area (Å²) in [6, 6.07) is 26.0. The van der Waals surface area contributed by atoms with Gasteiger partial charge in [0.2, 0.25) is 0 Å². The number of rotatable bonds is 2. The maximum atomic E-state index is 14.3. The molecular weight excluding hydrogens is 351 g/mol. The molecule has 0 bridgehead atoms. The number of nitrogens with zero attached hydrogens (tertiary/aromatic N) is 2.